The lowest BCUT2D eigenvalue weighted by Crippen LogP contribution is -2.46. The molecule has 11 rings (SSSR count). The van der Waals surface area contributed by atoms with Gasteiger partial charge in [-0.3, -0.25) is 0 Å². The molecular formula is C54H56O6. The third-order valence-electron chi connectivity index (χ3n) is 16.3. The lowest BCUT2D eigenvalue weighted by Gasteiger charge is -2.42. The SMILES string of the molecule is CC1(C)c2ccc(o2)C(C)(C)C23C=CC(O2)(c2ccccc23)C(C)(C)c2ccc(o2)C(C)(C)c2ccc(o2)C(C)(C)C23C=CC(O2)(c2ccccc23)C(C)(C)c2ccc1o2. The van der Waals surface area contributed by atoms with Crippen LogP contribution in [0.15, 0.2) is 139 Å². The molecule has 9 heterocycles. The number of benzene rings is 2. The van der Waals surface area contributed by atoms with Gasteiger partial charge in [0.2, 0.25) is 0 Å². The van der Waals surface area contributed by atoms with Crippen LogP contribution in [0.4, 0.5) is 0 Å². The Morgan fingerprint density at radius 2 is 0.467 bits per heavy atom. The highest BCUT2D eigenvalue weighted by Crippen LogP contribution is 2.68. The summed E-state index contributed by atoms with van der Waals surface area (Å²) in [5, 5.41) is 0. The van der Waals surface area contributed by atoms with E-state index in [1.165, 1.54) is 0 Å². The fourth-order valence-corrected chi connectivity index (χ4v) is 11.7. The number of hydrogen-bond acceptors (Lipinski definition) is 6. The van der Waals surface area contributed by atoms with Gasteiger partial charge in [-0.25, -0.2) is 0 Å². The number of fused-ring (bicyclic) bond motifs is 10. The first-order valence-electron chi connectivity index (χ1n) is 21.6. The van der Waals surface area contributed by atoms with Gasteiger partial charge < -0.3 is 27.1 Å². The topological polar surface area (TPSA) is 71.0 Å². The second-order valence-electron chi connectivity index (χ2n) is 21.3. The van der Waals surface area contributed by atoms with E-state index in [0.29, 0.717) is 0 Å². The van der Waals surface area contributed by atoms with Crippen molar-refractivity contribution in [2.45, 2.75) is 138 Å². The van der Waals surface area contributed by atoms with E-state index in [-0.39, 0.29) is 0 Å². The van der Waals surface area contributed by atoms with Crippen molar-refractivity contribution < 1.29 is 27.1 Å². The molecule has 6 nitrogen and oxygen atoms in total. The van der Waals surface area contributed by atoms with Crippen LogP contribution in [-0.2, 0) is 64.4 Å². The van der Waals surface area contributed by atoms with E-state index in [1.54, 1.807) is 0 Å². The molecule has 2 aromatic carbocycles. The standard InChI is InChI=1S/C54H56O6/c1-45(2)37-21-25-41(55-37)47(5,6)51-29-31-53(59-51,35-19-15-13-17-33(35)51)49(9,10)43-27-23-39(57-43)46(3,4)40-24-28-44(58-40)50(11,12)54-32-30-52(60-54,34-18-14-16-20-36(34)54)48(7,8)42-26-22-38(45)56-42/h13-32H,1-12H3. The van der Waals surface area contributed by atoms with Crippen LogP contribution in [0.3, 0.4) is 0 Å². The molecule has 0 N–H and O–H groups in total. The molecular weight excluding hydrogens is 745 g/mol. The van der Waals surface area contributed by atoms with Gasteiger partial charge in [-0.15, -0.1) is 0 Å². The van der Waals surface area contributed by atoms with E-state index >= 15 is 0 Å². The van der Waals surface area contributed by atoms with E-state index in [4.69, 9.17) is 27.1 Å². The largest absolute Gasteiger partial charge is 0.464 e. The monoisotopic (exact) mass is 800 g/mol. The van der Waals surface area contributed by atoms with Gasteiger partial charge in [0.15, 0.2) is 0 Å². The van der Waals surface area contributed by atoms with Gasteiger partial charge in [0.05, 0.1) is 32.5 Å². The third-order valence-corrected chi connectivity index (χ3v) is 16.3. The number of ether oxygens (including phenoxy) is 2. The number of rotatable bonds is 0. The molecule has 4 atom stereocenters. The third kappa shape index (κ3) is 4.09. The summed E-state index contributed by atoms with van der Waals surface area (Å²) < 4.78 is 43.3. The van der Waals surface area contributed by atoms with Crippen LogP contribution in [0.2, 0.25) is 0 Å². The fourth-order valence-electron chi connectivity index (χ4n) is 11.7. The molecule has 5 aliphatic heterocycles. The first kappa shape index (κ1) is 37.9. The van der Waals surface area contributed by atoms with E-state index < -0.39 is 54.9 Å². The van der Waals surface area contributed by atoms with E-state index in [0.717, 1.165) is 68.3 Å². The van der Waals surface area contributed by atoms with E-state index in [2.05, 4.69) is 204 Å². The fraction of sp³-hybridized carbons (Fsp3) is 0.407. The molecule has 0 radical (unpaired) electrons. The minimum absolute atomic E-state index is 0.592. The second kappa shape index (κ2) is 11.1. The summed E-state index contributed by atoms with van der Waals surface area (Å²) in [4.78, 5) is 0. The molecule has 0 fully saturated rings. The zero-order chi connectivity index (χ0) is 42.3. The number of hydrogen-bond donors (Lipinski definition) is 0. The Labute approximate surface area is 353 Å². The van der Waals surface area contributed by atoms with Crippen LogP contribution in [0.25, 0.3) is 0 Å². The van der Waals surface area contributed by atoms with Crippen molar-refractivity contribution >= 4 is 0 Å². The normalized spacial score (nSPS) is 31.1. The summed E-state index contributed by atoms with van der Waals surface area (Å²) >= 11 is 0. The maximum atomic E-state index is 7.61. The van der Waals surface area contributed by atoms with Crippen LogP contribution in [0.1, 0.15) is 151 Å². The first-order valence-corrected chi connectivity index (χ1v) is 21.6. The van der Waals surface area contributed by atoms with Gasteiger partial charge in [0, 0.05) is 0 Å². The van der Waals surface area contributed by atoms with Crippen LogP contribution < -0.4 is 0 Å². The molecule has 0 amide bonds. The van der Waals surface area contributed by atoms with Crippen molar-refractivity contribution in [2.75, 3.05) is 0 Å². The zero-order valence-corrected chi connectivity index (χ0v) is 37.0. The van der Waals surface area contributed by atoms with Crippen LogP contribution in [-0.4, -0.2) is 0 Å². The highest BCUT2D eigenvalue weighted by Gasteiger charge is 2.70. The highest BCUT2D eigenvalue weighted by atomic mass is 16.5. The summed E-state index contributed by atoms with van der Waals surface area (Å²) in [6.07, 6.45) is 9.06. The molecule has 0 saturated heterocycles. The van der Waals surface area contributed by atoms with Crippen molar-refractivity contribution in [3.05, 3.63) is 190 Å². The molecule has 0 saturated carbocycles. The average molecular weight is 801 g/mol. The summed E-state index contributed by atoms with van der Waals surface area (Å²) in [6.45, 7) is 26.5. The van der Waals surface area contributed by atoms with E-state index in [9.17, 15) is 0 Å². The first-order chi connectivity index (χ1) is 28.1. The second-order valence-corrected chi connectivity index (χ2v) is 21.3. The Morgan fingerprint density at radius 1 is 0.267 bits per heavy atom. The Bertz CT molecular complexity index is 2450. The Hall–Kier alpha value is -5.04. The smallest absolute Gasteiger partial charge is 0.125 e. The minimum atomic E-state index is -0.803. The maximum absolute atomic E-state index is 7.61. The number of furan rings is 4. The summed E-state index contributed by atoms with van der Waals surface area (Å²) in [5.41, 5.74) is -2.26. The van der Waals surface area contributed by atoms with Gasteiger partial charge in [0.1, 0.15) is 68.5 Å². The van der Waals surface area contributed by atoms with Crippen molar-refractivity contribution in [1.82, 2.24) is 0 Å². The maximum Gasteiger partial charge on any atom is 0.125 e. The Kier molecular flexibility index (Phi) is 6.99. The average Bonchev–Trinajstić information content (AvgIpc) is 4.08. The van der Waals surface area contributed by atoms with Gasteiger partial charge in [-0.05, 0) is 178 Å². The summed E-state index contributed by atoms with van der Waals surface area (Å²) in [7, 11) is 0. The van der Waals surface area contributed by atoms with Gasteiger partial charge in [0.25, 0.3) is 0 Å². The van der Waals surface area contributed by atoms with Crippen molar-refractivity contribution in [3.8, 4) is 0 Å². The zero-order valence-electron chi connectivity index (χ0n) is 37.0. The molecule has 0 aliphatic carbocycles. The van der Waals surface area contributed by atoms with E-state index in [1.807, 2.05) is 0 Å². The lowest BCUT2D eigenvalue weighted by atomic mass is 9.63. The molecule has 4 aromatic heterocycles. The molecule has 60 heavy (non-hydrogen) atoms. The quantitative estimate of drug-likeness (QED) is 0.143. The molecule has 4 unspecified atom stereocenters. The van der Waals surface area contributed by atoms with Gasteiger partial charge in [-0.1, -0.05) is 48.5 Å². The van der Waals surface area contributed by atoms with Crippen molar-refractivity contribution in [3.63, 3.8) is 0 Å². The van der Waals surface area contributed by atoms with Gasteiger partial charge in [-0.2, -0.15) is 0 Å². The van der Waals surface area contributed by atoms with Gasteiger partial charge >= 0.3 is 0 Å². The molecule has 6 aromatic rings. The van der Waals surface area contributed by atoms with Crippen LogP contribution in [0, 0.1) is 0 Å². The summed E-state index contributed by atoms with van der Waals surface area (Å²) in [5.74, 6) is 6.64. The predicted octanol–water partition coefficient (Wildman–Crippen LogP) is 12.9. The minimum Gasteiger partial charge on any atom is -0.464 e. The van der Waals surface area contributed by atoms with Crippen LogP contribution in [0.5, 0.6) is 0 Å². The predicted molar refractivity (Wildman–Crippen MR) is 231 cm³/mol. The molecule has 12 bridgehead atoms. The molecule has 308 valence electrons. The van der Waals surface area contributed by atoms with Crippen molar-refractivity contribution in [2.24, 2.45) is 0 Å². The Morgan fingerprint density at radius 3 is 0.683 bits per heavy atom. The molecule has 5 aliphatic rings. The van der Waals surface area contributed by atoms with Crippen LogP contribution >= 0.6 is 0 Å². The summed E-state index contributed by atoms with van der Waals surface area (Å²) in [6, 6.07) is 34.2. The highest BCUT2D eigenvalue weighted by molar-refractivity contribution is 5.59. The molecule has 0 spiro atoms. The lowest BCUT2D eigenvalue weighted by molar-refractivity contribution is -0.141. The van der Waals surface area contributed by atoms with Crippen molar-refractivity contribution in [1.29, 1.82) is 0 Å². The molecule has 6 heteroatoms. The Balaban J connectivity index is 1.12.